The normalized spacial score (nSPS) is 16.6. The zero-order valence-corrected chi connectivity index (χ0v) is 13.4. The van der Waals surface area contributed by atoms with E-state index in [9.17, 15) is 4.79 Å². The summed E-state index contributed by atoms with van der Waals surface area (Å²) in [5.41, 5.74) is 0.0732. The molecule has 0 radical (unpaired) electrons. The van der Waals surface area contributed by atoms with Gasteiger partial charge in [-0.1, -0.05) is 0 Å². The number of hydrogen-bond acceptors (Lipinski definition) is 5. The zero-order valence-electron chi connectivity index (χ0n) is 12.6. The van der Waals surface area contributed by atoms with E-state index < -0.39 is 0 Å². The Morgan fingerprint density at radius 3 is 2.60 bits per heavy atom. The molecule has 1 aromatic rings. The van der Waals surface area contributed by atoms with Gasteiger partial charge in [-0.25, -0.2) is 4.98 Å². The Kier molecular flexibility index (Phi) is 4.99. The highest BCUT2D eigenvalue weighted by molar-refractivity contribution is 7.13. The van der Waals surface area contributed by atoms with E-state index in [1.807, 2.05) is 16.5 Å². The van der Waals surface area contributed by atoms with Crippen molar-refractivity contribution in [2.75, 3.05) is 37.6 Å². The van der Waals surface area contributed by atoms with Crippen LogP contribution in [0, 0.1) is 0 Å². The van der Waals surface area contributed by atoms with E-state index in [0.717, 1.165) is 37.9 Å². The number of piperazine rings is 1. The fourth-order valence-electron chi connectivity index (χ4n) is 2.22. The van der Waals surface area contributed by atoms with Gasteiger partial charge in [-0.05, 0) is 20.8 Å². The summed E-state index contributed by atoms with van der Waals surface area (Å²) in [6.45, 7) is 10.5. The Bertz CT molecular complexity index is 419. The van der Waals surface area contributed by atoms with Gasteiger partial charge in [-0.3, -0.25) is 4.79 Å². The number of amides is 1. The van der Waals surface area contributed by atoms with Crippen LogP contribution in [0.2, 0.25) is 0 Å². The Hall–Kier alpha value is -1.14. The molecule has 1 aliphatic heterocycles. The lowest BCUT2D eigenvalue weighted by atomic mass is 10.1. The van der Waals surface area contributed by atoms with Crippen LogP contribution in [0.3, 0.4) is 0 Å². The molecule has 20 heavy (non-hydrogen) atoms. The molecule has 1 saturated heterocycles. The Labute approximate surface area is 125 Å². The van der Waals surface area contributed by atoms with Crippen molar-refractivity contribution in [3.63, 3.8) is 0 Å². The fraction of sp³-hybridized carbons (Fsp3) is 0.714. The van der Waals surface area contributed by atoms with E-state index in [4.69, 9.17) is 0 Å². The maximum absolute atomic E-state index is 12.1. The van der Waals surface area contributed by atoms with Gasteiger partial charge in [-0.15, -0.1) is 11.3 Å². The first kappa shape index (κ1) is 15.3. The minimum absolute atomic E-state index is 0.0732. The van der Waals surface area contributed by atoms with Gasteiger partial charge in [0.05, 0.1) is 0 Å². The molecule has 1 aromatic heterocycles. The predicted molar refractivity (Wildman–Crippen MR) is 83.3 cm³/mol. The van der Waals surface area contributed by atoms with Crippen LogP contribution >= 0.6 is 11.3 Å². The molecule has 112 valence electrons. The number of anilines is 1. The van der Waals surface area contributed by atoms with Crippen LogP contribution in [0.25, 0.3) is 0 Å². The molecule has 0 spiro atoms. The summed E-state index contributed by atoms with van der Waals surface area (Å²) in [4.78, 5) is 20.7. The second-order valence-electron chi connectivity index (χ2n) is 6.11. The molecule has 0 saturated carbocycles. The van der Waals surface area contributed by atoms with Gasteiger partial charge in [0.2, 0.25) is 5.91 Å². The molecule has 1 amide bonds. The highest BCUT2D eigenvalue weighted by Crippen LogP contribution is 2.19. The van der Waals surface area contributed by atoms with E-state index in [2.05, 4.69) is 36.0 Å². The number of thiazole rings is 1. The van der Waals surface area contributed by atoms with E-state index in [1.54, 1.807) is 11.3 Å². The first-order valence-corrected chi connectivity index (χ1v) is 8.01. The van der Waals surface area contributed by atoms with Crippen LogP contribution in [0.5, 0.6) is 0 Å². The molecule has 2 rings (SSSR count). The molecule has 0 unspecified atom stereocenters. The van der Waals surface area contributed by atoms with Crippen LogP contribution in [-0.2, 0) is 4.79 Å². The summed E-state index contributed by atoms with van der Waals surface area (Å²) in [7, 11) is 0. The second-order valence-corrected chi connectivity index (χ2v) is 6.98. The highest BCUT2D eigenvalue weighted by atomic mass is 32.1. The molecule has 0 atom stereocenters. The molecule has 0 aliphatic carbocycles. The second kappa shape index (κ2) is 6.54. The lowest BCUT2D eigenvalue weighted by Gasteiger charge is -2.34. The molecule has 2 heterocycles. The topological polar surface area (TPSA) is 48.5 Å². The standard InChI is InChI=1S/C14H24N4OS/c1-14(2,3)16-5-4-12(19)17-7-9-18(10-8-17)13-15-6-11-20-13/h6,11,16H,4-5,7-10H2,1-3H3. The number of hydrogen-bond donors (Lipinski definition) is 1. The predicted octanol–water partition coefficient (Wildman–Crippen LogP) is 1.57. The summed E-state index contributed by atoms with van der Waals surface area (Å²) < 4.78 is 0. The van der Waals surface area contributed by atoms with Crippen molar-refractivity contribution in [3.8, 4) is 0 Å². The van der Waals surface area contributed by atoms with Gasteiger partial charge in [0.15, 0.2) is 5.13 Å². The SMILES string of the molecule is CC(C)(C)NCCC(=O)N1CCN(c2nccs2)CC1. The summed E-state index contributed by atoms with van der Waals surface area (Å²) in [6, 6.07) is 0. The largest absolute Gasteiger partial charge is 0.345 e. The molecule has 0 aromatic carbocycles. The fourth-order valence-corrected chi connectivity index (χ4v) is 2.92. The van der Waals surface area contributed by atoms with Gasteiger partial charge in [0.1, 0.15) is 0 Å². The van der Waals surface area contributed by atoms with E-state index in [1.165, 1.54) is 0 Å². The van der Waals surface area contributed by atoms with Crippen LogP contribution in [0.1, 0.15) is 27.2 Å². The summed E-state index contributed by atoms with van der Waals surface area (Å²) in [5, 5.41) is 6.41. The van der Waals surface area contributed by atoms with Crippen molar-refractivity contribution in [1.29, 1.82) is 0 Å². The lowest BCUT2D eigenvalue weighted by molar-refractivity contribution is -0.131. The maximum atomic E-state index is 12.1. The molecule has 6 heteroatoms. The van der Waals surface area contributed by atoms with Crippen LogP contribution in [0.15, 0.2) is 11.6 Å². The molecular weight excluding hydrogens is 272 g/mol. The number of rotatable bonds is 4. The number of aromatic nitrogens is 1. The zero-order chi connectivity index (χ0) is 14.6. The van der Waals surface area contributed by atoms with E-state index in [-0.39, 0.29) is 11.4 Å². The number of carbonyl (C=O) groups is 1. The first-order valence-electron chi connectivity index (χ1n) is 7.13. The van der Waals surface area contributed by atoms with E-state index >= 15 is 0 Å². The van der Waals surface area contributed by atoms with Crippen LogP contribution in [-0.4, -0.2) is 54.1 Å². The summed E-state index contributed by atoms with van der Waals surface area (Å²) in [6.07, 6.45) is 2.41. The van der Waals surface area contributed by atoms with Crippen molar-refractivity contribution >= 4 is 22.4 Å². The average Bonchev–Trinajstić information content (AvgIpc) is 2.91. The summed E-state index contributed by atoms with van der Waals surface area (Å²) >= 11 is 1.66. The quantitative estimate of drug-likeness (QED) is 0.916. The van der Waals surface area contributed by atoms with Crippen LogP contribution < -0.4 is 10.2 Å². The van der Waals surface area contributed by atoms with Crippen molar-refractivity contribution in [3.05, 3.63) is 11.6 Å². The Morgan fingerprint density at radius 1 is 1.35 bits per heavy atom. The van der Waals surface area contributed by atoms with Gasteiger partial charge in [0.25, 0.3) is 0 Å². The van der Waals surface area contributed by atoms with Gasteiger partial charge in [-0.2, -0.15) is 0 Å². The smallest absolute Gasteiger partial charge is 0.223 e. The van der Waals surface area contributed by atoms with Crippen LogP contribution in [0.4, 0.5) is 5.13 Å². The van der Waals surface area contributed by atoms with Gasteiger partial charge in [0, 0.05) is 56.3 Å². The highest BCUT2D eigenvalue weighted by Gasteiger charge is 2.22. The third-order valence-corrected chi connectivity index (χ3v) is 4.15. The van der Waals surface area contributed by atoms with Crippen molar-refractivity contribution in [2.45, 2.75) is 32.7 Å². The minimum Gasteiger partial charge on any atom is -0.345 e. The third-order valence-electron chi connectivity index (χ3n) is 3.32. The first-order chi connectivity index (χ1) is 9.46. The summed E-state index contributed by atoms with van der Waals surface area (Å²) in [5.74, 6) is 0.250. The number of nitrogens with zero attached hydrogens (tertiary/aromatic N) is 3. The Morgan fingerprint density at radius 2 is 2.05 bits per heavy atom. The van der Waals surface area contributed by atoms with Crippen molar-refractivity contribution < 1.29 is 4.79 Å². The lowest BCUT2D eigenvalue weighted by Crippen LogP contribution is -2.49. The molecular formula is C14H24N4OS. The average molecular weight is 296 g/mol. The number of carbonyl (C=O) groups excluding carboxylic acids is 1. The van der Waals surface area contributed by atoms with E-state index in [0.29, 0.717) is 6.42 Å². The monoisotopic (exact) mass is 296 g/mol. The molecule has 1 fully saturated rings. The maximum Gasteiger partial charge on any atom is 0.223 e. The van der Waals surface area contributed by atoms with Gasteiger partial charge < -0.3 is 15.1 Å². The third kappa shape index (κ3) is 4.45. The number of nitrogens with one attached hydrogen (secondary N) is 1. The van der Waals surface area contributed by atoms with Crippen molar-refractivity contribution in [1.82, 2.24) is 15.2 Å². The molecule has 5 nitrogen and oxygen atoms in total. The van der Waals surface area contributed by atoms with Gasteiger partial charge >= 0.3 is 0 Å². The Balaban J connectivity index is 1.72. The minimum atomic E-state index is 0.0732. The van der Waals surface area contributed by atoms with Crippen molar-refractivity contribution in [2.24, 2.45) is 0 Å². The molecule has 0 bridgehead atoms. The molecule has 1 N–H and O–H groups in total. The molecule has 1 aliphatic rings.